The number of nitrogens with two attached hydrogens (primary N) is 1. The third-order valence-corrected chi connectivity index (χ3v) is 7.26. The van der Waals surface area contributed by atoms with Crippen LogP contribution in [0.2, 0.25) is 0 Å². The van der Waals surface area contributed by atoms with E-state index in [4.69, 9.17) is 5.14 Å². The van der Waals surface area contributed by atoms with Gasteiger partial charge in [0.05, 0.1) is 10.5 Å². The second-order valence-corrected chi connectivity index (χ2v) is 10.3. The van der Waals surface area contributed by atoms with Gasteiger partial charge >= 0.3 is 6.03 Å². The summed E-state index contributed by atoms with van der Waals surface area (Å²) in [7, 11) is -3.52. The van der Waals surface area contributed by atoms with E-state index in [1.54, 1.807) is 26.0 Å². The van der Waals surface area contributed by atoms with Crippen molar-refractivity contribution in [1.29, 1.82) is 0 Å². The number of carbonyl (C=O) groups is 1. The molecule has 0 aliphatic heterocycles. The van der Waals surface area contributed by atoms with E-state index in [0.717, 1.165) is 24.0 Å². The number of nitrogens with one attached hydrogen (secondary N) is 1. The highest BCUT2D eigenvalue weighted by Crippen LogP contribution is 2.41. The Morgan fingerprint density at radius 1 is 1.13 bits per heavy atom. The molecule has 168 valence electrons. The third-order valence-electron chi connectivity index (χ3n) is 5.90. The van der Waals surface area contributed by atoms with Crippen LogP contribution in [0.4, 0.5) is 14.9 Å². The predicted molar refractivity (Wildman–Crippen MR) is 125 cm³/mol. The molecule has 2 amide bonds. The Bertz CT molecular complexity index is 1130. The van der Waals surface area contributed by atoms with Gasteiger partial charge in [-0.3, -0.25) is 0 Å². The van der Waals surface area contributed by atoms with E-state index in [2.05, 4.69) is 9.68 Å². The van der Waals surface area contributed by atoms with Gasteiger partial charge in [0.1, 0.15) is 15.7 Å². The summed E-state index contributed by atoms with van der Waals surface area (Å²) in [5.74, 6) is -0.129. The van der Waals surface area contributed by atoms with Crippen LogP contribution in [0.1, 0.15) is 54.5 Å². The first-order chi connectivity index (χ1) is 14.1. The van der Waals surface area contributed by atoms with Crippen LogP contribution in [-0.2, 0) is 41.2 Å². The molecular weight excluding hydrogens is 437 g/mol. The number of anilines is 1. The average Bonchev–Trinajstić information content (AvgIpc) is 3.34. The minimum atomic E-state index is -3.52. The quantitative estimate of drug-likeness (QED) is 0.636. The number of benzene rings is 2. The van der Waals surface area contributed by atoms with Crippen molar-refractivity contribution < 1.29 is 18.5 Å². The number of fused-ring (bicyclic) bond motifs is 2. The molecule has 0 bridgehead atoms. The SMILES string of the molecule is CC(C)(O)c1cccc(S(N)(=O)=NC(=O)Nc2c3c(c(F)c4c2CCC4)CCC3)c1.S. The highest BCUT2D eigenvalue weighted by atomic mass is 32.2. The van der Waals surface area contributed by atoms with Crippen molar-refractivity contribution in [3.63, 3.8) is 0 Å². The van der Waals surface area contributed by atoms with Gasteiger partial charge in [0.2, 0.25) is 0 Å². The van der Waals surface area contributed by atoms with Gasteiger partial charge in [0.25, 0.3) is 0 Å². The van der Waals surface area contributed by atoms with Gasteiger partial charge in [-0.1, -0.05) is 12.1 Å². The molecule has 0 aromatic heterocycles. The van der Waals surface area contributed by atoms with Gasteiger partial charge in [-0.15, -0.1) is 4.36 Å². The number of aliphatic hydroxyl groups is 1. The molecule has 0 spiro atoms. The largest absolute Gasteiger partial charge is 0.386 e. The van der Waals surface area contributed by atoms with Crippen molar-refractivity contribution in [2.45, 2.75) is 62.9 Å². The van der Waals surface area contributed by atoms with Crippen LogP contribution in [0, 0.1) is 5.82 Å². The summed E-state index contributed by atoms with van der Waals surface area (Å²) < 4.78 is 31.5. The van der Waals surface area contributed by atoms with Crippen LogP contribution in [0.5, 0.6) is 0 Å². The first-order valence-corrected chi connectivity index (χ1v) is 11.7. The zero-order valence-electron chi connectivity index (χ0n) is 17.6. The van der Waals surface area contributed by atoms with E-state index in [-0.39, 0.29) is 24.2 Å². The predicted octanol–water partition coefficient (Wildman–Crippen LogP) is 4.08. The summed E-state index contributed by atoms with van der Waals surface area (Å²) >= 11 is 0. The fraction of sp³-hybridized carbons (Fsp3) is 0.409. The van der Waals surface area contributed by atoms with E-state index in [1.807, 2.05) is 0 Å². The number of nitrogens with zero attached hydrogens (tertiary/aromatic N) is 1. The Kier molecular flexibility index (Phi) is 6.53. The number of hydrogen-bond donors (Lipinski definition) is 3. The summed E-state index contributed by atoms with van der Waals surface area (Å²) in [6.45, 7) is 3.20. The maximum atomic E-state index is 14.8. The topological polar surface area (TPSA) is 105 Å². The fourth-order valence-corrected chi connectivity index (χ4v) is 5.37. The zero-order chi connectivity index (χ0) is 21.7. The zero-order valence-corrected chi connectivity index (χ0v) is 19.4. The summed E-state index contributed by atoms with van der Waals surface area (Å²) in [6, 6.07) is 5.49. The van der Waals surface area contributed by atoms with Crippen molar-refractivity contribution in [2.24, 2.45) is 9.50 Å². The normalized spacial score (nSPS) is 16.7. The van der Waals surface area contributed by atoms with Crippen LogP contribution in [0.15, 0.2) is 33.5 Å². The maximum absolute atomic E-state index is 14.8. The van der Waals surface area contributed by atoms with Gasteiger partial charge in [0.15, 0.2) is 0 Å². The van der Waals surface area contributed by atoms with Crippen LogP contribution in [0.3, 0.4) is 0 Å². The minimum Gasteiger partial charge on any atom is -0.386 e. The molecule has 1 atom stereocenters. The van der Waals surface area contributed by atoms with E-state index in [1.165, 1.54) is 12.1 Å². The standard InChI is InChI=1S/C22H26FN3O3S.H2S/c1-22(2,28)13-6-3-7-14(12-13)30(24,29)26-21(27)25-20-17-10-4-8-15(17)19(23)16-9-5-11-18(16)20;/h3,6-7,12,28H,4-5,8-11H2,1-2H3,(H3,24,25,26,27,29);1H2. The van der Waals surface area contributed by atoms with Gasteiger partial charge in [0, 0.05) is 5.69 Å². The molecule has 4 N–H and O–H groups in total. The number of halogens is 1. The molecule has 31 heavy (non-hydrogen) atoms. The van der Waals surface area contributed by atoms with Gasteiger partial charge < -0.3 is 10.4 Å². The van der Waals surface area contributed by atoms with Crippen LogP contribution >= 0.6 is 13.5 Å². The average molecular weight is 466 g/mol. The number of urea groups is 1. The monoisotopic (exact) mass is 465 g/mol. The van der Waals surface area contributed by atoms with E-state index >= 15 is 0 Å². The first kappa shape index (κ1) is 23.7. The molecule has 0 radical (unpaired) electrons. The Hall–Kier alpha value is -1.94. The summed E-state index contributed by atoms with van der Waals surface area (Å²) in [4.78, 5) is 12.8. The number of amides is 2. The lowest BCUT2D eigenvalue weighted by molar-refractivity contribution is 0.0784. The van der Waals surface area contributed by atoms with Crippen molar-refractivity contribution in [2.75, 3.05) is 5.32 Å². The van der Waals surface area contributed by atoms with Gasteiger partial charge in [-0.2, -0.15) is 13.5 Å². The number of carbonyl (C=O) groups excluding carboxylic acids is 1. The Balaban J connectivity index is 0.00000272. The fourth-order valence-electron chi connectivity index (χ4n) is 4.40. The molecule has 0 saturated heterocycles. The third kappa shape index (κ3) is 4.50. The molecule has 0 saturated carbocycles. The van der Waals surface area contributed by atoms with Crippen molar-refractivity contribution >= 4 is 35.1 Å². The lowest BCUT2D eigenvalue weighted by Crippen LogP contribution is -2.21. The molecule has 2 aromatic carbocycles. The smallest absolute Gasteiger partial charge is 0.354 e. The molecule has 9 heteroatoms. The summed E-state index contributed by atoms with van der Waals surface area (Å²) in [5.41, 5.74) is 2.99. The number of rotatable bonds is 3. The van der Waals surface area contributed by atoms with Crippen LogP contribution in [0.25, 0.3) is 0 Å². The second-order valence-electron chi connectivity index (χ2n) is 8.49. The number of hydrogen-bond acceptors (Lipinski definition) is 3. The molecule has 4 rings (SSSR count). The molecule has 2 aliphatic carbocycles. The van der Waals surface area contributed by atoms with Crippen LogP contribution in [-0.4, -0.2) is 15.3 Å². The Morgan fingerprint density at radius 3 is 2.23 bits per heavy atom. The summed E-state index contributed by atoms with van der Waals surface area (Å²) in [5, 5.41) is 18.9. The molecule has 0 heterocycles. The maximum Gasteiger partial charge on any atom is 0.354 e. The highest BCUT2D eigenvalue weighted by molar-refractivity contribution is 7.91. The van der Waals surface area contributed by atoms with Crippen molar-refractivity contribution in [3.05, 3.63) is 57.9 Å². The molecule has 2 aromatic rings. The Labute approximate surface area is 189 Å². The lowest BCUT2D eigenvalue weighted by atomic mass is 9.98. The minimum absolute atomic E-state index is 0. The lowest BCUT2D eigenvalue weighted by Gasteiger charge is -2.19. The van der Waals surface area contributed by atoms with Gasteiger partial charge in [-0.25, -0.2) is 18.5 Å². The van der Waals surface area contributed by atoms with E-state index < -0.39 is 21.5 Å². The highest BCUT2D eigenvalue weighted by Gasteiger charge is 2.30. The van der Waals surface area contributed by atoms with E-state index in [0.29, 0.717) is 48.1 Å². The molecule has 2 aliphatic rings. The molecular formula is C22H28FN3O3S2. The molecule has 0 fully saturated rings. The first-order valence-electron chi connectivity index (χ1n) is 10.1. The Morgan fingerprint density at radius 2 is 1.68 bits per heavy atom. The molecule has 6 nitrogen and oxygen atoms in total. The molecule has 1 unspecified atom stereocenters. The summed E-state index contributed by atoms with van der Waals surface area (Å²) in [6.07, 6.45) is 4.39. The van der Waals surface area contributed by atoms with Crippen molar-refractivity contribution in [1.82, 2.24) is 0 Å². The van der Waals surface area contributed by atoms with Gasteiger partial charge in [-0.05, 0) is 92.3 Å². The second kappa shape index (κ2) is 8.54. The van der Waals surface area contributed by atoms with E-state index in [9.17, 15) is 18.5 Å². The van der Waals surface area contributed by atoms with Crippen molar-refractivity contribution in [3.8, 4) is 0 Å². The van der Waals surface area contributed by atoms with Crippen LogP contribution < -0.4 is 10.5 Å².